The minimum absolute atomic E-state index is 0.241. The number of hydrogen-bond donors (Lipinski definition) is 0. The molecular weight excluding hydrogens is 481 g/mol. The molecule has 0 aliphatic heterocycles. The fraction of sp³-hybridized carbons (Fsp3) is 0.207. The summed E-state index contributed by atoms with van der Waals surface area (Å²) in [6.07, 6.45) is -2.61. The summed E-state index contributed by atoms with van der Waals surface area (Å²) in [6, 6.07) is 23.6. The fourth-order valence-corrected chi connectivity index (χ4v) is 4.13. The number of benzene rings is 3. The van der Waals surface area contributed by atoms with Crippen LogP contribution in [0.3, 0.4) is 0 Å². The molecule has 0 radical (unpaired) electrons. The van der Waals surface area contributed by atoms with Crippen LogP contribution in [-0.4, -0.2) is 29.6 Å². The van der Waals surface area contributed by atoms with Crippen LogP contribution in [0.5, 0.6) is 11.5 Å². The molecule has 0 aliphatic rings. The fourth-order valence-electron chi connectivity index (χ4n) is 4.13. The van der Waals surface area contributed by atoms with Gasteiger partial charge in [0, 0.05) is 31.0 Å². The molecule has 192 valence electrons. The Bertz CT molecular complexity index is 1350. The van der Waals surface area contributed by atoms with Gasteiger partial charge in [-0.3, -0.25) is 4.79 Å². The molecule has 0 unspecified atom stereocenters. The molecule has 3 aromatic carbocycles. The number of halogens is 3. The molecule has 5 nitrogen and oxygen atoms in total. The van der Waals surface area contributed by atoms with Crippen LogP contribution in [0.1, 0.15) is 32.7 Å². The van der Waals surface area contributed by atoms with Crippen molar-refractivity contribution in [1.82, 2.24) is 9.47 Å². The molecule has 0 saturated carbocycles. The zero-order valence-corrected chi connectivity index (χ0v) is 20.5. The Morgan fingerprint density at radius 3 is 2.30 bits per heavy atom. The number of nitrogens with zero attached hydrogens (tertiary/aromatic N) is 2. The summed E-state index contributed by atoms with van der Waals surface area (Å²) < 4.78 is 52.2. The number of carbonyl (C=O) groups excluding carboxylic acids is 1. The second-order valence-corrected chi connectivity index (χ2v) is 8.54. The lowest BCUT2D eigenvalue weighted by atomic mass is 10.1. The summed E-state index contributed by atoms with van der Waals surface area (Å²) in [5, 5.41) is 0. The predicted molar refractivity (Wildman–Crippen MR) is 135 cm³/mol. The molecule has 0 atom stereocenters. The van der Waals surface area contributed by atoms with Gasteiger partial charge in [0.1, 0.15) is 11.5 Å². The summed E-state index contributed by atoms with van der Waals surface area (Å²) in [4.78, 5) is 15.4. The first-order chi connectivity index (χ1) is 17.8. The van der Waals surface area contributed by atoms with Crippen molar-refractivity contribution < 1.29 is 27.4 Å². The topological polar surface area (TPSA) is 43.7 Å². The first-order valence-corrected chi connectivity index (χ1v) is 11.6. The van der Waals surface area contributed by atoms with Gasteiger partial charge in [-0.2, -0.15) is 13.2 Å². The van der Waals surface area contributed by atoms with Gasteiger partial charge in [-0.05, 0) is 47.5 Å². The van der Waals surface area contributed by atoms with Gasteiger partial charge in [-0.15, -0.1) is 0 Å². The number of methoxy groups -OCH3 is 2. The number of ether oxygens (including phenoxy) is 2. The number of carbonyl (C=O) groups is 1. The Labute approximate surface area is 213 Å². The minimum atomic E-state index is -4.41. The van der Waals surface area contributed by atoms with Gasteiger partial charge >= 0.3 is 6.18 Å². The smallest absolute Gasteiger partial charge is 0.416 e. The number of hydrogen-bond acceptors (Lipinski definition) is 3. The molecule has 1 amide bonds. The standard InChI is InChI=1S/C29H27F3N2O3/c1-36-25-13-14-26(27(17-25)37-2)28(35)34(18-21-8-4-3-5-9-21)20-24-12-7-15-33(24)19-22-10-6-11-23(16-22)29(30,31)32/h3-17H,18-20H2,1-2H3. The molecule has 1 heterocycles. The number of amides is 1. The van der Waals surface area contributed by atoms with Crippen LogP contribution in [0.15, 0.2) is 91.1 Å². The Kier molecular flexibility index (Phi) is 7.86. The second-order valence-electron chi connectivity index (χ2n) is 8.54. The predicted octanol–water partition coefficient (Wildman–Crippen LogP) is 6.42. The van der Waals surface area contributed by atoms with Crippen molar-refractivity contribution in [2.45, 2.75) is 25.8 Å². The second kappa shape index (κ2) is 11.2. The number of rotatable bonds is 9. The molecule has 0 saturated heterocycles. The van der Waals surface area contributed by atoms with Crippen LogP contribution in [0, 0.1) is 0 Å². The van der Waals surface area contributed by atoms with E-state index in [-0.39, 0.29) is 19.0 Å². The first kappa shape index (κ1) is 25.9. The molecule has 1 aromatic heterocycles. The molecule has 0 aliphatic carbocycles. The monoisotopic (exact) mass is 508 g/mol. The highest BCUT2D eigenvalue weighted by molar-refractivity contribution is 5.97. The van der Waals surface area contributed by atoms with Gasteiger partial charge in [0.25, 0.3) is 5.91 Å². The van der Waals surface area contributed by atoms with Crippen molar-refractivity contribution in [2.75, 3.05) is 14.2 Å². The van der Waals surface area contributed by atoms with Crippen LogP contribution in [0.4, 0.5) is 13.2 Å². The Morgan fingerprint density at radius 1 is 0.838 bits per heavy atom. The van der Waals surface area contributed by atoms with Crippen molar-refractivity contribution in [3.05, 3.63) is 119 Å². The Hall–Kier alpha value is -4.20. The average molecular weight is 509 g/mol. The largest absolute Gasteiger partial charge is 0.497 e. The maximum atomic E-state index is 13.8. The lowest BCUT2D eigenvalue weighted by Crippen LogP contribution is -2.31. The molecule has 0 N–H and O–H groups in total. The zero-order valence-electron chi connectivity index (χ0n) is 20.5. The van der Waals surface area contributed by atoms with E-state index in [2.05, 4.69) is 0 Å². The van der Waals surface area contributed by atoms with E-state index < -0.39 is 11.7 Å². The van der Waals surface area contributed by atoms with Gasteiger partial charge in [0.2, 0.25) is 0 Å². The summed E-state index contributed by atoms with van der Waals surface area (Å²) in [5.41, 5.74) is 1.94. The molecule has 0 bridgehead atoms. The van der Waals surface area contributed by atoms with Crippen LogP contribution in [0.2, 0.25) is 0 Å². The highest BCUT2D eigenvalue weighted by atomic mass is 19.4. The first-order valence-electron chi connectivity index (χ1n) is 11.6. The summed E-state index contributed by atoms with van der Waals surface area (Å²) in [5.74, 6) is 0.718. The van der Waals surface area contributed by atoms with E-state index in [1.54, 1.807) is 35.4 Å². The highest BCUT2D eigenvalue weighted by Crippen LogP contribution is 2.30. The van der Waals surface area contributed by atoms with Crippen LogP contribution in [-0.2, 0) is 25.8 Å². The Morgan fingerprint density at radius 2 is 1.59 bits per heavy atom. The molecular formula is C29H27F3N2O3. The highest BCUT2D eigenvalue weighted by Gasteiger charge is 2.30. The van der Waals surface area contributed by atoms with E-state index in [1.165, 1.54) is 20.3 Å². The van der Waals surface area contributed by atoms with Gasteiger partial charge in [0.15, 0.2) is 0 Å². The van der Waals surface area contributed by atoms with E-state index in [4.69, 9.17) is 9.47 Å². The van der Waals surface area contributed by atoms with Gasteiger partial charge < -0.3 is 18.9 Å². The van der Waals surface area contributed by atoms with Gasteiger partial charge in [0.05, 0.1) is 31.9 Å². The van der Waals surface area contributed by atoms with E-state index in [0.717, 1.165) is 23.4 Å². The van der Waals surface area contributed by atoms with E-state index in [9.17, 15) is 18.0 Å². The zero-order chi connectivity index (χ0) is 26.4. The minimum Gasteiger partial charge on any atom is -0.497 e. The maximum Gasteiger partial charge on any atom is 0.416 e. The maximum absolute atomic E-state index is 13.8. The summed E-state index contributed by atoms with van der Waals surface area (Å²) >= 11 is 0. The lowest BCUT2D eigenvalue weighted by molar-refractivity contribution is -0.137. The van der Waals surface area contributed by atoms with Crippen molar-refractivity contribution in [3.8, 4) is 11.5 Å². The SMILES string of the molecule is COc1ccc(C(=O)N(Cc2ccccc2)Cc2cccn2Cc2cccc(C(F)(F)F)c2)c(OC)c1. The molecule has 4 rings (SSSR count). The molecule has 8 heteroatoms. The number of alkyl halides is 3. The van der Waals surface area contributed by atoms with Crippen molar-refractivity contribution >= 4 is 5.91 Å². The average Bonchev–Trinajstić information content (AvgIpc) is 3.34. The van der Waals surface area contributed by atoms with E-state index >= 15 is 0 Å². The summed E-state index contributed by atoms with van der Waals surface area (Å²) in [6.45, 7) is 0.823. The quantitative estimate of drug-likeness (QED) is 0.262. The molecule has 0 fully saturated rings. The Balaban J connectivity index is 1.64. The summed E-state index contributed by atoms with van der Waals surface area (Å²) in [7, 11) is 3.03. The van der Waals surface area contributed by atoms with Crippen LogP contribution >= 0.6 is 0 Å². The lowest BCUT2D eigenvalue weighted by Gasteiger charge is -2.25. The van der Waals surface area contributed by atoms with Crippen molar-refractivity contribution in [2.24, 2.45) is 0 Å². The third kappa shape index (κ3) is 6.33. The molecule has 4 aromatic rings. The van der Waals surface area contributed by atoms with Gasteiger partial charge in [-0.25, -0.2) is 0 Å². The molecule has 37 heavy (non-hydrogen) atoms. The normalized spacial score (nSPS) is 11.3. The third-order valence-corrected chi connectivity index (χ3v) is 6.03. The molecule has 0 spiro atoms. The van der Waals surface area contributed by atoms with Crippen LogP contribution in [0.25, 0.3) is 0 Å². The van der Waals surface area contributed by atoms with Crippen molar-refractivity contribution in [1.29, 1.82) is 0 Å². The van der Waals surface area contributed by atoms with E-state index in [0.29, 0.717) is 29.2 Å². The third-order valence-electron chi connectivity index (χ3n) is 6.03. The van der Waals surface area contributed by atoms with E-state index in [1.807, 2.05) is 47.0 Å². The van der Waals surface area contributed by atoms with Crippen molar-refractivity contribution in [3.63, 3.8) is 0 Å². The van der Waals surface area contributed by atoms with Crippen LogP contribution < -0.4 is 9.47 Å². The van der Waals surface area contributed by atoms with Gasteiger partial charge in [-0.1, -0.05) is 42.5 Å². The number of aromatic nitrogens is 1.